The van der Waals surface area contributed by atoms with E-state index in [-0.39, 0.29) is 12.6 Å². The highest BCUT2D eigenvalue weighted by atomic mass is 16.7. The van der Waals surface area contributed by atoms with Crippen molar-refractivity contribution in [1.82, 2.24) is 9.72 Å². The van der Waals surface area contributed by atoms with E-state index >= 15 is 0 Å². The average Bonchev–Trinajstić information content (AvgIpc) is 3.43. The number of hydrogen-bond donors (Lipinski definition) is 1. The fourth-order valence-corrected chi connectivity index (χ4v) is 5.19. The molecule has 0 radical (unpaired) electrons. The third-order valence-corrected chi connectivity index (χ3v) is 7.27. The number of hydrogen-bond acceptors (Lipinski definition) is 7. The van der Waals surface area contributed by atoms with Crippen LogP contribution in [0.1, 0.15) is 48.1 Å². The second-order valence-electron chi connectivity index (χ2n) is 10.9. The van der Waals surface area contributed by atoms with Crippen molar-refractivity contribution in [3.63, 3.8) is 0 Å². The lowest BCUT2D eigenvalue weighted by Gasteiger charge is -2.19. The minimum absolute atomic E-state index is 0.0525. The number of rotatable bonds is 10. The summed E-state index contributed by atoms with van der Waals surface area (Å²) in [4.78, 5) is 24.9. The molecule has 0 unspecified atom stereocenters. The molecule has 41 heavy (non-hydrogen) atoms. The van der Waals surface area contributed by atoms with Crippen LogP contribution in [-0.2, 0) is 22.6 Å². The minimum atomic E-state index is -0.771. The summed E-state index contributed by atoms with van der Waals surface area (Å²) in [5.74, 6) is 0.265. The Labute approximate surface area is 238 Å². The van der Waals surface area contributed by atoms with E-state index < -0.39 is 17.2 Å². The van der Waals surface area contributed by atoms with Crippen molar-refractivity contribution in [3.8, 4) is 22.6 Å². The lowest BCUT2D eigenvalue weighted by Crippen LogP contribution is -2.22. The SMILES string of the molecule is Cc1cc(OCC[C@@H]2COC(C)(C)O2)cc(C)c1-c1cccc(COc2ccc(Cn3oc(=O)[nH]c3=O)cc2)c1C. The number of aromatic amines is 1. The van der Waals surface area contributed by atoms with Gasteiger partial charge in [0.05, 0.1) is 25.9 Å². The van der Waals surface area contributed by atoms with Crippen molar-refractivity contribution in [2.24, 2.45) is 0 Å². The molecular formula is C32H36N2O7. The van der Waals surface area contributed by atoms with Crippen molar-refractivity contribution in [2.75, 3.05) is 13.2 Å². The van der Waals surface area contributed by atoms with Gasteiger partial charge in [-0.3, -0.25) is 0 Å². The summed E-state index contributed by atoms with van der Waals surface area (Å²) in [5.41, 5.74) is 7.14. The van der Waals surface area contributed by atoms with Crippen LogP contribution in [0.2, 0.25) is 0 Å². The van der Waals surface area contributed by atoms with Crippen LogP contribution >= 0.6 is 0 Å². The Balaban J connectivity index is 1.22. The molecule has 1 aliphatic heterocycles. The summed E-state index contributed by atoms with van der Waals surface area (Å²) in [5, 5.41) is 0. The molecule has 3 aromatic carbocycles. The normalized spacial score (nSPS) is 16.2. The number of ether oxygens (including phenoxy) is 4. The largest absolute Gasteiger partial charge is 0.493 e. The van der Waals surface area contributed by atoms with Crippen LogP contribution in [0, 0.1) is 20.8 Å². The van der Waals surface area contributed by atoms with Crippen LogP contribution in [0.15, 0.2) is 68.7 Å². The molecule has 0 bridgehead atoms. The molecule has 1 saturated heterocycles. The maximum atomic E-state index is 11.7. The Kier molecular flexibility index (Phi) is 8.19. The Morgan fingerprint density at radius 3 is 2.34 bits per heavy atom. The molecule has 5 rings (SSSR count). The maximum absolute atomic E-state index is 11.7. The van der Waals surface area contributed by atoms with E-state index in [4.69, 9.17) is 23.5 Å². The summed E-state index contributed by atoms with van der Waals surface area (Å²) < 4.78 is 29.5. The molecule has 9 nitrogen and oxygen atoms in total. The Morgan fingerprint density at radius 1 is 0.976 bits per heavy atom. The lowest BCUT2D eigenvalue weighted by molar-refractivity contribution is -0.139. The number of nitrogens with zero attached hydrogens (tertiary/aromatic N) is 1. The van der Waals surface area contributed by atoms with Gasteiger partial charge in [0.1, 0.15) is 18.1 Å². The fourth-order valence-electron chi connectivity index (χ4n) is 5.19. The van der Waals surface area contributed by atoms with Crippen LogP contribution in [0.5, 0.6) is 11.5 Å². The standard InChI is InChI=1S/C32H36N2O7/c1-20-15-27(37-14-13-26-19-39-32(4,5)40-26)16-21(2)29(20)28-8-6-7-24(22(28)3)18-38-25-11-9-23(10-12-25)17-34-30(35)33-31(36)41-34/h6-12,15-16,26H,13-14,17-19H2,1-5H3,(H,33,35,36)/t26-/m1/s1. The molecular weight excluding hydrogens is 524 g/mol. The zero-order valence-electron chi connectivity index (χ0n) is 24.1. The van der Waals surface area contributed by atoms with Gasteiger partial charge in [-0.05, 0) is 97.8 Å². The van der Waals surface area contributed by atoms with Crippen molar-refractivity contribution >= 4 is 0 Å². The van der Waals surface area contributed by atoms with Crippen LogP contribution in [0.3, 0.4) is 0 Å². The Bertz CT molecular complexity index is 1610. The van der Waals surface area contributed by atoms with E-state index in [9.17, 15) is 9.59 Å². The smallest absolute Gasteiger partial charge is 0.440 e. The number of nitrogens with one attached hydrogen (secondary N) is 1. The quantitative estimate of drug-likeness (QED) is 0.282. The average molecular weight is 561 g/mol. The van der Waals surface area contributed by atoms with E-state index in [0.29, 0.717) is 25.6 Å². The zero-order valence-corrected chi connectivity index (χ0v) is 24.1. The first-order valence-corrected chi connectivity index (χ1v) is 13.7. The number of benzene rings is 3. The first-order valence-electron chi connectivity index (χ1n) is 13.7. The number of H-pyrrole nitrogens is 1. The van der Waals surface area contributed by atoms with Gasteiger partial charge in [-0.2, -0.15) is 0 Å². The fraction of sp³-hybridized carbons (Fsp3) is 0.375. The molecule has 1 fully saturated rings. The molecule has 1 N–H and O–H groups in total. The molecule has 1 aromatic heterocycles. The van der Waals surface area contributed by atoms with Crippen LogP contribution < -0.4 is 20.9 Å². The molecule has 2 heterocycles. The van der Waals surface area contributed by atoms with E-state index in [1.54, 1.807) is 0 Å². The topological polar surface area (TPSA) is 105 Å². The van der Waals surface area contributed by atoms with Crippen molar-refractivity contribution in [3.05, 3.63) is 103 Å². The number of aromatic nitrogens is 2. The summed E-state index contributed by atoms with van der Waals surface area (Å²) >= 11 is 0. The van der Waals surface area contributed by atoms with Crippen LogP contribution in [0.4, 0.5) is 0 Å². The third-order valence-electron chi connectivity index (χ3n) is 7.27. The van der Waals surface area contributed by atoms with Gasteiger partial charge in [0.15, 0.2) is 5.79 Å². The molecule has 0 spiro atoms. The minimum Gasteiger partial charge on any atom is -0.493 e. The first kappa shape index (κ1) is 28.4. The molecule has 4 aromatic rings. The Morgan fingerprint density at radius 2 is 1.71 bits per heavy atom. The van der Waals surface area contributed by atoms with Gasteiger partial charge < -0.3 is 23.5 Å². The predicted octanol–water partition coefficient (Wildman–Crippen LogP) is 5.27. The van der Waals surface area contributed by atoms with Gasteiger partial charge in [0.25, 0.3) is 0 Å². The summed E-state index contributed by atoms with van der Waals surface area (Å²) in [6, 6.07) is 17.8. The highest BCUT2D eigenvalue weighted by molar-refractivity contribution is 5.75. The van der Waals surface area contributed by atoms with Gasteiger partial charge in [0.2, 0.25) is 0 Å². The highest BCUT2D eigenvalue weighted by Gasteiger charge is 2.32. The molecule has 1 aliphatic rings. The maximum Gasteiger partial charge on any atom is 0.440 e. The van der Waals surface area contributed by atoms with Gasteiger partial charge in [-0.1, -0.05) is 30.3 Å². The zero-order chi connectivity index (χ0) is 29.1. The van der Waals surface area contributed by atoms with Crippen LogP contribution in [0.25, 0.3) is 11.1 Å². The third kappa shape index (κ3) is 6.81. The predicted molar refractivity (Wildman–Crippen MR) is 155 cm³/mol. The molecule has 9 heteroatoms. The molecule has 216 valence electrons. The molecule has 0 amide bonds. The van der Waals surface area contributed by atoms with E-state index in [1.165, 1.54) is 11.1 Å². The van der Waals surface area contributed by atoms with Crippen molar-refractivity contribution in [1.29, 1.82) is 0 Å². The van der Waals surface area contributed by atoms with Crippen molar-refractivity contribution in [2.45, 2.75) is 66.1 Å². The van der Waals surface area contributed by atoms with Gasteiger partial charge in [-0.25, -0.2) is 14.6 Å². The highest BCUT2D eigenvalue weighted by Crippen LogP contribution is 2.35. The van der Waals surface area contributed by atoms with Crippen LogP contribution in [-0.4, -0.2) is 34.8 Å². The monoisotopic (exact) mass is 560 g/mol. The van der Waals surface area contributed by atoms with E-state index in [1.807, 2.05) is 38.1 Å². The van der Waals surface area contributed by atoms with Gasteiger partial charge in [-0.15, -0.1) is 4.74 Å². The van der Waals surface area contributed by atoms with E-state index in [2.05, 4.69) is 56.1 Å². The molecule has 0 saturated carbocycles. The second-order valence-corrected chi connectivity index (χ2v) is 10.9. The second kappa shape index (κ2) is 11.8. The summed E-state index contributed by atoms with van der Waals surface area (Å²) in [6.07, 6.45) is 0.828. The summed E-state index contributed by atoms with van der Waals surface area (Å²) in [6.45, 7) is 11.9. The Hall–Kier alpha value is -4.08. The van der Waals surface area contributed by atoms with Gasteiger partial charge in [0, 0.05) is 6.42 Å². The number of aryl methyl sites for hydroxylation is 2. The molecule has 1 atom stereocenters. The lowest BCUT2D eigenvalue weighted by atomic mass is 9.90. The van der Waals surface area contributed by atoms with E-state index in [0.717, 1.165) is 44.7 Å². The first-order chi connectivity index (χ1) is 19.6. The van der Waals surface area contributed by atoms with Gasteiger partial charge >= 0.3 is 11.4 Å². The summed E-state index contributed by atoms with van der Waals surface area (Å²) in [7, 11) is 0. The molecule has 0 aliphatic carbocycles. The van der Waals surface area contributed by atoms with Crippen molar-refractivity contribution < 1.29 is 23.5 Å².